The number of hydrogen-bond donors (Lipinski definition) is 3. The van der Waals surface area contributed by atoms with Gasteiger partial charge in [0.25, 0.3) is 0 Å². The van der Waals surface area contributed by atoms with Crippen LogP contribution in [0.25, 0.3) is 0 Å². The van der Waals surface area contributed by atoms with Crippen LogP contribution in [0.5, 0.6) is 0 Å². The number of carbonyl (C=O) groups is 2. The monoisotopic (exact) mass is 357 g/mol. The van der Waals surface area contributed by atoms with Crippen molar-refractivity contribution in [2.24, 2.45) is 11.8 Å². The SMILES string of the molecule is CC1=C(C)[C@@H]([C@H](O)C23NC(=O)[C@H](CCCl)[C@@]2(CO)OC3=O)CCC1. The van der Waals surface area contributed by atoms with Crippen LogP contribution in [0.4, 0.5) is 0 Å². The van der Waals surface area contributed by atoms with Gasteiger partial charge in [-0.15, -0.1) is 11.6 Å². The molecule has 3 N–H and O–H groups in total. The minimum atomic E-state index is -1.58. The molecule has 3 rings (SSSR count). The second-order valence-electron chi connectivity index (χ2n) is 7.17. The standard InChI is InChI=1S/C17H24ClNO5/c1-9-4-3-5-11(10(9)2)13(21)17-15(23)24-16(17,8-20)12(6-7-18)14(22)19-17/h11-13,20-21H,3-8H2,1-2H3,(H,19,22)/t11-,12-,13-,16+,17?/m0/s1. The van der Waals surface area contributed by atoms with Crippen molar-refractivity contribution < 1.29 is 24.5 Å². The number of carbonyl (C=O) groups excluding carboxylic acids is 2. The number of hydrogen-bond acceptors (Lipinski definition) is 5. The van der Waals surface area contributed by atoms with E-state index < -0.39 is 41.6 Å². The zero-order valence-electron chi connectivity index (χ0n) is 14.0. The highest BCUT2D eigenvalue weighted by Crippen LogP contribution is 2.54. The number of rotatable bonds is 5. The zero-order valence-corrected chi connectivity index (χ0v) is 14.7. The summed E-state index contributed by atoms with van der Waals surface area (Å²) in [6.45, 7) is 3.45. The van der Waals surface area contributed by atoms with Gasteiger partial charge in [-0.1, -0.05) is 11.1 Å². The van der Waals surface area contributed by atoms with Crippen LogP contribution in [0.2, 0.25) is 0 Å². The Bertz CT molecular complexity index is 606. The summed E-state index contributed by atoms with van der Waals surface area (Å²) >= 11 is 5.78. The van der Waals surface area contributed by atoms with E-state index in [-0.39, 0.29) is 18.2 Å². The summed E-state index contributed by atoms with van der Waals surface area (Å²) in [4.78, 5) is 24.8. The maximum Gasteiger partial charge on any atom is 0.339 e. The van der Waals surface area contributed by atoms with E-state index in [4.69, 9.17) is 16.3 Å². The maximum atomic E-state index is 12.4. The molecule has 1 aliphatic carbocycles. The summed E-state index contributed by atoms with van der Waals surface area (Å²) in [5.74, 6) is -1.87. The van der Waals surface area contributed by atoms with Gasteiger partial charge in [-0.2, -0.15) is 0 Å². The van der Waals surface area contributed by atoms with Gasteiger partial charge in [0.15, 0.2) is 5.60 Å². The normalized spacial score (nSPS) is 39.9. The Balaban J connectivity index is 2.02. The van der Waals surface area contributed by atoms with Gasteiger partial charge < -0.3 is 20.3 Å². The van der Waals surface area contributed by atoms with Crippen LogP contribution in [-0.2, 0) is 14.3 Å². The lowest BCUT2D eigenvalue weighted by molar-refractivity contribution is -0.252. The predicted molar refractivity (Wildman–Crippen MR) is 87.3 cm³/mol. The molecule has 134 valence electrons. The number of aliphatic hydroxyl groups is 2. The number of amides is 1. The van der Waals surface area contributed by atoms with Crippen molar-refractivity contribution in [2.75, 3.05) is 12.5 Å². The zero-order chi connectivity index (χ0) is 17.7. The Hall–Kier alpha value is -1.11. The van der Waals surface area contributed by atoms with Crippen LogP contribution in [0.3, 0.4) is 0 Å². The second-order valence-corrected chi connectivity index (χ2v) is 7.55. The average molecular weight is 358 g/mol. The highest BCUT2D eigenvalue weighted by Gasteiger charge is 2.81. The van der Waals surface area contributed by atoms with Crippen LogP contribution in [0.15, 0.2) is 11.1 Å². The minimum Gasteiger partial charge on any atom is -0.451 e. The second kappa shape index (κ2) is 6.00. The smallest absolute Gasteiger partial charge is 0.339 e. The molecule has 5 atom stereocenters. The van der Waals surface area contributed by atoms with E-state index in [1.54, 1.807) is 0 Å². The van der Waals surface area contributed by atoms with E-state index in [9.17, 15) is 19.8 Å². The van der Waals surface area contributed by atoms with E-state index in [0.29, 0.717) is 0 Å². The molecule has 3 aliphatic rings. The Morgan fingerprint density at radius 3 is 2.71 bits per heavy atom. The lowest BCUT2D eigenvalue weighted by Gasteiger charge is -2.55. The molecule has 6 nitrogen and oxygen atoms in total. The van der Waals surface area contributed by atoms with E-state index in [1.807, 2.05) is 13.8 Å². The first-order chi connectivity index (χ1) is 11.4. The van der Waals surface area contributed by atoms with Crippen molar-refractivity contribution in [1.29, 1.82) is 0 Å². The third-order valence-corrected chi connectivity index (χ3v) is 6.44. The first kappa shape index (κ1) is 17.7. The molecule has 0 saturated carbocycles. The molecule has 0 spiro atoms. The van der Waals surface area contributed by atoms with Crippen molar-refractivity contribution in [1.82, 2.24) is 5.32 Å². The number of ether oxygens (including phenoxy) is 1. The van der Waals surface area contributed by atoms with Gasteiger partial charge in [0.1, 0.15) is 0 Å². The van der Waals surface area contributed by atoms with Crippen LogP contribution >= 0.6 is 11.6 Å². The third-order valence-electron chi connectivity index (χ3n) is 6.22. The molecule has 2 saturated heterocycles. The fraction of sp³-hybridized carbons (Fsp3) is 0.765. The molecule has 7 heteroatoms. The Kier molecular flexibility index (Phi) is 4.43. The number of alkyl halides is 1. The van der Waals surface area contributed by atoms with Gasteiger partial charge in [0.05, 0.1) is 18.6 Å². The molecule has 2 aliphatic heterocycles. The quantitative estimate of drug-likeness (QED) is 0.386. The van der Waals surface area contributed by atoms with Crippen molar-refractivity contribution in [3.8, 4) is 0 Å². The molecule has 0 aromatic heterocycles. The molecule has 0 bridgehead atoms. The predicted octanol–water partition coefficient (Wildman–Crippen LogP) is 0.885. The number of esters is 1. The Morgan fingerprint density at radius 1 is 1.42 bits per heavy atom. The van der Waals surface area contributed by atoms with Gasteiger partial charge in [0, 0.05) is 11.8 Å². The summed E-state index contributed by atoms with van der Waals surface area (Å²) in [7, 11) is 0. The highest BCUT2D eigenvalue weighted by molar-refractivity contribution is 6.18. The molecule has 1 amide bonds. The van der Waals surface area contributed by atoms with Gasteiger partial charge in [-0.25, -0.2) is 4.79 Å². The van der Waals surface area contributed by atoms with Crippen molar-refractivity contribution in [3.05, 3.63) is 11.1 Å². The van der Waals surface area contributed by atoms with Crippen molar-refractivity contribution in [2.45, 2.75) is 56.8 Å². The largest absolute Gasteiger partial charge is 0.451 e. The van der Waals surface area contributed by atoms with Crippen LogP contribution < -0.4 is 5.32 Å². The summed E-state index contributed by atoms with van der Waals surface area (Å²) in [6, 6.07) is 0. The highest BCUT2D eigenvalue weighted by atomic mass is 35.5. The molecule has 0 aromatic rings. The van der Waals surface area contributed by atoms with Gasteiger partial charge >= 0.3 is 5.97 Å². The van der Waals surface area contributed by atoms with Crippen molar-refractivity contribution in [3.63, 3.8) is 0 Å². The number of nitrogens with one attached hydrogen (secondary N) is 1. The van der Waals surface area contributed by atoms with Crippen LogP contribution in [0, 0.1) is 11.8 Å². The third kappa shape index (κ3) is 2.02. The van der Waals surface area contributed by atoms with E-state index in [2.05, 4.69) is 5.32 Å². The fourth-order valence-corrected chi connectivity index (χ4v) is 4.87. The van der Waals surface area contributed by atoms with E-state index in [1.165, 1.54) is 5.57 Å². The molecule has 0 radical (unpaired) electrons. The summed E-state index contributed by atoms with van der Waals surface area (Å²) in [6.07, 6.45) is 1.76. The van der Waals surface area contributed by atoms with Crippen LogP contribution in [-0.4, -0.2) is 51.8 Å². The van der Waals surface area contributed by atoms with Crippen LogP contribution in [0.1, 0.15) is 39.5 Å². The number of fused-ring (bicyclic) bond motifs is 1. The molecular weight excluding hydrogens is 334 g/mol. The molecule has 1 unspecified atom stereocenters. The van der Waals surface area contributed by atoms with E-state index >= 15 is 0 Å². The topological polar surface area (TPSA) is 95.9 Å². The number of aliphatic hydroxyl groups excluding tert-OH is 2. The van der Waals surface area contributed by atoms with Gasteiger partial charge in [-0.3, -0.25) is 4.79 Å². The molecule has 0 aromatic carbocycles. The summed E-state index contributed by atoms with van der Waals surface area (Å²) < 4.78 is 5.31. The minimum absolute atomic E-state index is 0.199. The lowest BCUT2D eigenvalue weighted by atomic mass is 9.62. The summed E-state index contributed by atoms with van der Waals surface area (Å²) in [5.41, 5.74) is -0.768. The first-order valence-corrected chi connectivity index (χ1v) is 8.95. The average Bonchev–Trinajstić information content (AvgIpc) is 2.75. The van der Waals surface area contributed by atoms with Crippen molar-refractivity contribution >= 4 is 23.5 Å². The molecule has 2 fully saturated rings. The Labute approximate surface area is 146 Å². The lowest BCUT2D eigenvalue weighted by Crippen LogP contribution is -2.82. The summed E-state index contributed by atoms with van der Waals surface area (Å²) in [5, 5.41) is 23.8. The molecule has 2 heterocycles. The Morgan fingerprint density at radius 2 is 2.12 bits per heavy atom. The maximum absolute atomic E-state index is 12.4. The molecular formula is C17H24ClNO5. The van der Waals surface area contributed by atoms with Gasteiger partial charge in [0.2, 0.25) is 11.4 Å². The molecule has 24 heavy (non-hydrogen) atoms. The first-order valence-electron chi connectivity index (χ1n) is 8.42. The number of allylic oxidation sites excluding steroid dienone is 1. The fourth-order valence-electron chi connectivity index (χ4n) is 4.65. The number of halogens is 1. The van der Waals surface area contributed by atoms with E-state index in [0.717, 1.165) is 24.8 Å². The van der Waals surface area contributed by atoms with Gasteiger partial charge in [-0.05, 0) is 39.5 Å².